The van der Waals surface area contributed by atoms with Crippen LogP contribution in [0.3, 0.4) is 0 Å². The largest absolute Gasteiger partial charge is 1.00 e. The molecule has 0 aliphatic heterocycles. The molecule has 1 aliphatic rings. The average Bonchev–Trinajstić information content (AvgIpc) is 2.44. The normalized spacial score (nSPS) is 9.29. The van der Waals surface area contributed by atoms with Crippen molar-refractivity contribution in [1.82, 2.24) is 0 Å². The quantitative estimate of drug-likeness (QED) is 0.445. The Labute approximate surface area is 119 Å². The maximum absolute atomic E-state index is 2.99. The van der Waals surface area contributed by atoms with E-state index in [9.17, 15) is 0 Å². The molecule has 0 aromatic carbocycles. The third kappa shape index (κ3) is 29.3. The topological polar surface area (TPSA) is 0 Å². The number of hydrogen-bond donors (Lipinski definition) is 0. The van der Waals surface area contributed by atoms with Crippen LogP contribution in [0.5, 0.6) is 0 Å². The van der Waals surface area contributed by atoms with Crippen LogP contribution in [0.1, 0.15) is 33.1 Å². The van der Waals surface area contributed by atoms with Crippen LogP contribution in [0.15, 0.2) is 18.2 Å². The van der Waals surface area contributed by atoms with Crippen molar-refractivity contribution in [3.05, 3.63) is 30.7 Å². The summed E-state index contributed by atoms with van der Waals surface area (Å²) >= 11 is 0. The first-order valence-corrected chi connectivity index (χ1v) is 3.95. The van der Waals surface area contributed by atoms with E-state index in [0.717, 1.165) is 6.42 Å². The van der Waals surface area contributed by atoms with Gasteiger partial charge in [0.1, 0.15) is 0 Å². The Morgan fingerprint density at radius 3 is 1.71 bits per heavy atom. The molecule has 87 valence electrons. The van der Waals surface area contributed by atoms with Crippen molar-refractivity contribution >= 4 is 0 Å². The van der Waals surface area contributed by atoms with Crippen LogP contribution in [-0.2, 0) is 18.6 Å². The van der Waals surface area contributed by atoms with Crippen LogP contribution in [0.2, 0.25) is 0 Å². The van der Waals surface area contributed by atoms with E-state index in [4.69, 9.17) is 0 Å². The van der Waals surface area contributed by atoms with Gasteiger partial charge in [-0.2, -0.15) is 18.9 Å². The number of rotatable bonds is 2. The van der Waals surface area contributed by atoms with Gasteiger partial charge in [-0.3, -0.25) is 6.08 Å². The molecule has 0 N–H and O–H groups in total. The zero-order valence-corrected chi connectivity index (χ0v) is 12.2. The van der Waals surface area contributed by atoms with Gasteiger partial charge in [-0.25, -0.2) is 12.2 Å². The molecule has 0 saturated heterocycles. The van der Waals surface area contributed by atoms with Crippen molar-refractivity contribution in [2.45, 2.75) is 33.1 Å². The molecular weight excluding hydrogens is 277 g/mol. The Bertz CT molecular complexity index is 102. The Morgan fingerprint density at radius 2 is 1.64 bits per heavy atom. The molecule has 1 aliphatic carbocycles. The molecular formula is C10H16Cl3V-5. The van der Waals surface area contributed by atoms with Crippen LogP contribution >= 0.6 is 0 Å². The van der Waals surface area contributed by atoms with Gasteiger partial charge in [-0.05, 0) is 0 Å². The first-order chi connectivity index (χ1) is 4.91. The second kappa shape index (κ2) is 29.2. The monoisotopic (exact) mass is 292 g/mol. The summed E-state index contributed by atoms with van der Waals surface area (Å²) in [5.41, 5.74) is 0. The SMILES string of the molecule is CC[CH-]CC.[C-]1=CC=CC1.[Cl-].[Cl-].[Cl-].[V]. The van der Waals surface area contributed by atoms with Crippen molar-refractivity contribution in [1.29, 1.82) is 0 Å². The summed E-state index contributed by atoms with van der Waals surface area (Å²) in [4.78, 5) is 0. The third-order valence-corrected chi connectivity index (χ3v) is 1.16. The Hall–Kier alpha value is 0.934. The molecule has 1 radical (unpaired) electrons. The molecule has 0 aromatic rings. The number of hydrogen-bond acceptors (Lipinski definition) is 0. The second-order valence-corrected chi connectivity index (χ2v) is 2.11. The van der Waals surface area contributed by atoms with E-state index in [-0.39, 0.29) is 55.8 Å². The zero-order chi connectivity index (χ0) is 7.66. The molecule has 0 fully saturated rings. The van der Waals surface area contributed by atoms with E-state index in [1.807, 2.05) is 12.2 Å². The molecule has 0 amide bonds. The molecule has 4 heteroatoms. The maximum atomic E-state index is 2.99. The van der Waals surface area contributed by atoms with Gasteiger partial charge in [0, 0.05) is 18.6 Å². The summed E-state index contributed by atoms with van der Waals surface area (Å²) in [6, 6.07) is 0. The predicted octanol–water partition coefficient (Wildman–Crippen LogP) is -5.67. The minimum absolute atomic E-state index is 0. The summed E-state index contributed by atoms with van der Waals surface area (Å²) in [6.07, 6.45) is 14.7. The predicted molar refractivity (Wildman–Crippen MR) is 46.5 cm³/mol. The van der Waals surface area contributed by atoms with Crippen molar-refractivity contribution in [3.63, 3.8) is 0 Å². The van der Waals surface area contributed by atoms with Gasteiger partial charge < -0.3 is 43.6 Å². The summed E-state index contributed by atoms with van der Waals surface area (Å²) in [7, 11) is 0. The van der Waals surface area contributed by atoms with Crippen LogP contribution in [0, 0.1) is 12.5 Å². The summed E-state index contributed by atoms with van der Waals surface area (Å²) in [5.74, 6) is 0. The minimum atomic E-state index is 0. The van der Waals surface area contributed by atoms with Crippen molar-refractivity contribution < 1.29 is 55.8 Å². The smallest absolute Gasteiger partial charge is 0 e. The van der Waals surface area contributed by atoms with E-state index in [1.165, 1.54) is 12.8 Å². The molecule has 0 nitrogen and oxygen atoms in total. The van der Waals surface area contributed by atoms with Crippen molar-refractivity contribution in [3.8, 4) is 0 Å². The number of halogens is 3. The second-order valence-electron chi connectivity index (χ2n) is 2.11. The zero-order valence-electron chi connectivity index (χ0n) is 8.51. The van der Waals surface area contributed by atoms with Crippen molar-refractivity contribution in [2.24, 2.45) is 0 Å². The molecule has 0 bridgehead atoms. The Balaban J connectivity index is -0.0000000300. The Kier molecular flexibility index (Phi) is 61.3. The summed E-state index contributed by atoms with van der Waals surface area (Å²) in [5, 5.41) is 0. The van der Waals surface area contributed by atoms with Crippen LogP contribution < -0.4 is 37.2 Å². The first-order valence-electron chi connectivity index (χ1n) is 3.95. The molecule has 0 saturated carbocycles. The van der Waals surface area contributed by atoms with E-state index in [1.54, 1.807) is 0 Å². The average molecular weight is 294 g/mol. The molecule has 0 atom stereocenters. The minimum Gasteiger partial charge on any atom is -1.00 e. The van der Waals surface area contributed by atoms with E-state index in [0.29, 0.717) is 0 Å². The van der Waals surface area contributed by atoms with Gasteiger partial charge in [0.15, 0.2) is 0 Å². The molecule has 0 heterocycles. The van der Waals surface area contributed by atoms with Gasteiger partial charge >= 0.3 is 0 Å². The number of allylic oxidation sites excluding steroid dienone is 4. The fourth-order valence-electron chi connectivity index (χ4n) is 0.629. The summed E-state index contributed by atoms with van der Waals surface area (Å²) in [6.45, 7) is 4.31. The van der Waals surface area contributed by atoms with E-state index in [2.05, 4.69) is 32.4 Å². The van der Waals surface area contributed by atoms with E-state index < -0.39 is 0 Å². The van der Waals surface area contributed by atoms with Gasteiger partial charge in [0.05, 0.1) is 0 Å². The van der Waals surface area contributed by atoms with Crippen LogP contribution in [-0.4, -0.2) is 0 Å². The number of unbranched alkanes of at least 4 members (excludes halogenated alkanes) is 2. The third-order valence-electron chi connectivity index (χ3n) is 1.16. The maximum Gasteiger partial charge on any atom is 0 e. The molecule has 0 aromatic heterocycles. The standard InChI is InChI=1S/C5H5.C5H11.3ClH.V/c1-2-4-5-3-1;1-3-5-4-2;;;;/h1-3H,4H2;5H,3-4H2,1-2H3;3*1H;/q2*-1;;;;/p-3. The van der Waals surface area contributed by atoms with Gasteiger partial charge in [0.2, 0.25) is 0 Å². The molecule has 0 unspecified atom stereocenters. The molecule has 14 heavy (non-hydrogen) atoms. The molecule has 1 rings (SSSR count). The Morgan fingerprint density at radius 1 is 1.14 bits per heavy atom. The fraction of sp³-hybridized carbons (Fsp3) is 0.500. The summed E-state index contributed by atoms with van der Waals surface area (Å²) < 4.78 is 0. The van der Waals surface area contributed by atoms with Crippen LogP contribution in [0.25, 0.3) is 0 Å². The molecule has 0 spiro atoms. The van der Waals surface area contributed by atoms with Crippen LogP contribution in [0.4, 0.5) is 0 Å². The van der Waals surface area contributed by atoms with Gasteiger partial charge in [0.25, 0.3) is 0 Å². The fourth-order valence-corrected chi connectivity index (χ4v) is 0.629. The van der Waals surface area contributed by atoms with Gasteiger partial charge in [-0.15, -0.1) is 6.42 Å². The first kappa shape index (κ1) is 29.4. The van der Waals surface area contributed by atoms with E-state index >= 15 is 0 Å². The van der Waals surface area contributed by atoms with Gasteiger partial charge in [-0.1, -0.05) is 13.8 Å². The van der Waals surface area contributed by atoms with Crippen molar-refractivity contribution in [2.75, 3.05) is 0 Å².